The maximum absolute atomic E-state index is 12.2. The van der Waals surface area contributed by atoms with E-state index in [0.717, 1.165) is 16.8 Å². The van der Waals surface area contributed by atoms with Gasteiger partial charge in [-0.3, -0.25) is 14.3 Å². The topological polar surface area (TPSA) is 85.1 Å². The number of pyridine rings is 1. The first-order valence-corrected chi connectivity index (χ1v) is 10.7. The quantitative estimate of drug-likeness (QED) is 0.260. The van der Waals surface area contributed by atoms with E-state index in [9.17, 15) is 4.79 Å². The highest BCUT2D eigenvalue weighted by molar-refractivity contribution is 7.99. The Hall–Kier alpha value is -3.49. The van der Waals surface area contributed by atoms with E-state index in [4.69, 9.17) is 11.6 Å². The molecular weight excluding hydrogens is 432 g/mol. The Morgan fingerprint density at radius 2 is 1.87 bits per heavy atom. The number of carbonyl (C=O) groups is 1. The second kappa shape index (κ2) is 10.0. The molecule has 2 aromatic heterocycles. The summed E-state index contributed by atoms with van der Waals surface area (Å²) in [5.41, 5.74) is 5.08. The van der Waals surface area contributed by atoms with Gasteiger partial charge in [-0.25, -0.2) is 5.43 Å². The van der Waals surface area contributed by atoms with Crippen LogP contribution < -0.4 is 5.43 Å². The molecule has 2 heterocycles. The first-order chi connectivity index (χ1) is 15.2. The van der Waals surface area contributed by atoms with Crippen molar-refractivity contribution in [2.24, 2.45) is 5.10 Å². The lowest BCUT2D eigenvalue weighted by Crippen LogP contribution is -2.20. The van der Waals surface area contributed by atoms with E-state index < -0.39 is 0 Å². The van der Waals surface area contributed by atoms with E-state index in [-0.39, 0.29) is 11.7 Å². The average Bonchev–Trinajstić information content (AvgIpc) is 3.23. The first kappa shape index (κ1) is 20.8. The van der Waals surface area contributed by atoms with Gasteiger partial charge in [-0.1, -0.05) is 59.8 Å². The zero-order chi connectivity index (χ0) is 21.5. The number of halogens is 1. The van der Waals surface area contributed by atoms with Gasteiger partial charge in [-0.2, -0.15) is 5.10 Å². The summed E-state index contributed by atoms with van der Waals surface area (Å²) in [5.74, 6) is 0.558. The van der Waals surface area contributed by atoms with E-state index in [2.05, 4.69) is 25.7 Å². The minimum Gasteiger partial charge on any atom is -0.272 e. The largest absolute Gasteiger partial charge is 0.272 e. The normalized spacial score (nSPS) is 11.0. The van der Waals surface area contributed by atoms with E-state index in [1.165, 1.54) is 11.8 Å². The van der Waals surface area contributed by atoms with Crippen molar-refractivity contribution >= 4 is 35.5 Å². The summed E-state index contributed by atoms with van der Waals surface area (Å²) in [6.07, 6.45) is 4.87. The number of hydrazone groups is 1. The van der Waals surface area contributed by atoms with Crippen LogP contribution in [0.4, 0.5) is 0 Å². The van der Waals surface area contributed by atoms with E-state index in [1.54, 1.807) is 36.8 Å². The van der Waals surface area contributed by atoms with E-state index >= 15 is 0 Å². The van der Waals surface area contributed by atoms with Crippen LogP contribution in [0.15, 0.2) is 89.4 Å². The molecule has 1 amide bonds. The Morgan fingerprint density at radius 3 is 2.61 bits per heavy atom. The van der Waals surface area contributed by atoms with Crippen LogP contribution in [-0.4, -0.2) is 37.6 Å². The number of nitrogens with zero attached hydrogens (tertiary/aromatic N) is 5. The van der Waals surface area contributed by atoms with Crippen molar-refractivity contribution < 1.29 is 4.79 Å². The summed E-state index contributed by atoms with van der Waals surface area (Å²) in [7, 11) is 0. The number of hydrogen-bond donors (Lipinski definition) is 1. The lowest BCUT2D eigenvalue weighted by atomic mass is 10.2. The fourth-order valence-electron chi connectivity index (χ4n) is 2.75. The van der Waals surface area contributed by atoms with Crippen molar-refractivity contribution in [2.45, 2.75) is 5.16 Å². The molecule has 0 fully saturated rings. The number of aromatic nitrogens is 4. The summed E-state index contributed by atoms with van der Waals surface area (Å²) in [6, 6.07) is 20.8. The molecule has 1 N–H and O–H groups in total. The molecule has 4 aromatic rings. The Balaban J connectivity index is 1.51. The maximum atomic E-state index is 12.2. The van der Waals surface area contributed by atoms with Gasteiger partial charge in [-0.05, 0) is 30.3 Å². The Morgan fingerprint density at radius 1 is 1.06 bits per heavy atom. The van der Waals surface area contributed by atoms with Gasteiger partial charge in [-0.15, -0.1) is 10.2 Å². The molecule has 0 radical (unpaired) electrons. The van der Waals surface area contributed by atoms with Gasteiger partial charge in [0, 0.05) is 34.2 Å². The van der Waals surface area contributed by atoms with Crippen LogP contribution in [0.2, 0.25) is 5.02 Å². The van der Waals surface area contributed by atoms with E-state index in [0.29, 0.717) is 16.0 Å². The standard InChI is InChI=1S/C22H17ClN6OS/c23-18-8-10-19(11-9-18)29-21(17-6-2-1-3-7-17)27-28-22(29)31-15-20(30)26-25-14-16-5-4-12-24-13-16/h1-14H,15H2,(H,26,30)/b25-14-. The molecule has 0 atom stereocenters. The lowest BCUT2D eigenvalue weighted by molar-refractivity contribution is -0.118. The third-order valence-electron chi connectivity index (χ3n) is 4.17. The minimum atomic E-state index is -0.253. The molecule has 0 bridgehead atoms. The highest BCUT2D eigenvalue weighted by Gasteiger charge is 2.17. The van der Waals surface area contributed by atoms with Crippen LogP contribution in [0, 0.1) is 0 Å². The second-order valence-electron chi connectivity index (χ2n) is 6.35. The molecular formula is C22H17ClN6OS. The van der Waals surface area contributed by atoms with Crippen molar-refractivity contribution in [3.8, 4) is 17.1 Å². The minimum absolute atomic E-state index is 0.130. The number of hydrogen-bond acceptors (Lipinski definition) is 6. The monoisotopic (exact) mass is 448 g/mol. The van der Waals surface area contributed by atoms with Gasteiger partial charge in [0.1, 0.15) is 0 Å². The van der Waals surface area contributed by atoms with Crippen LogP contribution in [0.3, 0.4) is 0 Å². The van der Waals surface area contributed by atoms with Crippen LogP contribution in [0.1, 0.15) is 5.56 Å². The maximum Gasteiger partial charge on any atom is 0.250 e. The smallest absolute Gasteiger partial charge is 0.250 e. The highest BCUT2D eigenvalue weighted by atomic mass is 35.5. The third kappa shape index (κ3) is 5.36. The molecule has 0 spiro atoms. The zero-order valence-corrected chi connectivity index (χ0v) is 17.8. The number of carbonyl (C=O) groups excluding carboxylic acids is 1. The van der Waals surface area contributed by atoms with Gasteiger partial charge < -0.3 is 0 Å². The molecule has 0 aliphatic heterocycles. The van der Waals surface area contributed by atoms with Crippen LogP contribution in [-0.2, 0) is 4.79 Å². The van der Waals surface area contributed by atoms with Crippen LogP contribution >= 0.6 is 23.4 Å². The van der Waals surface area contributed by atoms with Crippen molar-refractivity contribution in [1.29, 1.82) is 0 Å². The third-order valence-corrected chi connectivity index (χ3v) is 5.35. The van der Waals surface area contributed by atoms with Gasteiger partial charge >= 0.3 is 0 Å². The van der Waals surface area contributed by atoms with Crippen molar-refractivity contribution in [2.75, 3.05) is 5.75 Å². The van der Waals surface area contributed by atoms with Gasteiger partial charge in [0.05, 0.1) is 12.0 Å². The summed E-state index contributed by atoms with van der Waals surface area (Å²) in [4.78, 5) is 16.2. The molecule has 2 aromatic carbocycles. The first-order valence-electron chi connectivity index (χ1n) is 9.32. The molecule has 4 rings (SSSR count). The highest BCUT2D eigenvalue weighted by Crippen LogP contribution is 2.28. The van der Waals surface area contributed by atoms with Gasteiger partial charge in [0.2, 0.25) is 0 Å². The van der Waals surface area contributed by atoms with Gasteiger partial charge in [0.25, 0.3) is 5.91 Å². The van der Waals surface area contributed by atoms with E-state index in [1.807, 2.05) is 53.1 Å². The fraction of sp³-hybridized carbons (Fsp3) is 0.0455. The second-order valence-corrected chi connectivity index (χ2v) is 7.73. The number of thioether (sulfide) groups is 1. The Kier molecular flexibility index (Phi) is 6.71. The van der Waals surface area contributed by atoms with Crippen molar-refractivity contribution in [3.63, 3.8) is 0 Å². The number of nitrogens with one attached hydrogen (secondary N) is 1. The van der Waals surface area contributed by atoms with Crippen molar-refractivity contribution in [1.82, 2.24) is 25.2 Å². The molecule has 0 aliphatic carbocycles. The SMILES string of the molecule is O=C(CSc1nnc(-c2ccccc2)n1-c1ccc(Cl)cc1)N/N=C\c1cccnc1. The fourth-order valence-corrected chi connectivity index (χ4v) is 3.62. The molecule has 9 heteroatoms. The van der Waals surface area contributed by atoms with Crippen LogP contribution in [0.25, 0.3) is 17.1 Å². The van der Waals surface area contributed by atoms with Crippen LogP contribution in [0.5, 0.6) is 0 Å². The molecule has 0 unspecified atom stereocenters. The molecule has 0 aliphatic rings. The number of amides is 1. The number of rotatable bonds is 7. The molecule has 7 nitrogen and oxygen atoms in total. The Labute approximate surface area is 188 Å². The molecule has 154 valence electrons. The molecule has 0 saturated heterocycles. The summed E-state index contributed by atoms with van der Waals surface area (Å²) >= 11 is 7.32. The predicted molar refractivity (Wildman–Crippen MR) is 123 cm³/mol. The van der Waals surface area contributed by atoms with Gasteiger partial charge in [0.15, 0.2) is 11.0 Å². The molecule has 0 saturated carbocycles. The molecule has 31 heavy (non-hydrogen) atoms. The summed E-state index contributed by atoms with van der Waals surface area (Å²) in [5, 5.41) is 13.9. The number of benzene rings is 2. The average molecular weight is 449 g/mol. The zero-order valence-electron chi connectivity index (χ0n) is 16.2. The van der Waals surface area contributed by atoms with Crippen molar-refractivity contribution in [3.05, 3.63) is 89.7 Å². The summed E-state index contributed by atoms with van der Waals surface area (Å²) < 4.78 is 1.91. The lowest BCUT2D eigenvalue weighted by Gasteiger charge is -2.10. The Bertz CT molecular complexity index is 1180. The summed E-state index contributed by atoms with van der Waals surface area (Å²) in [6.45, 7) is 0. The predicted octanol–water partition coefficient (Wildman–Crippen LogP) is 4.23.